The quantitative estimate of drug-likeness (QED) is 0.834. The van der Waals surface area contributed by atoms with Gasteiger partial charge in [0.2, 0.25) is 0 Å². The number of rotatable bonds is 2. The maximum absolute atomic E-state index is 12.0. The molecule has 0 unspecified atom stereocenters. The highest BCUT2D eigenvalue weighted by molar-refractivity contribution is 7.14. The van der Waals surface area contributed by atoms with E-state index in [-0.39, 0.29) is 5.91 Å². The normalized spacial score (nSPS) is 12.3. The van der Waals surface area contributed by atoms with Crippen LogP contribution in [-0.2, 0) is 12.8 Å². The van der Waals surface area contributed by atoms with Gasteiger partial charge in [0.05, 0.1) is 16.5 Å². The molecule has 2 amide bonds. The van der Waals surface area contributed by atoms with Gasteiger partial charge in [-0.05, 0) is 49.1 Å². The van der Waals surface area contributed by atoms with Crippen LogP contribution < -0.4 is 10.9 Å². The molecule has 1 aromatic heterocycles. The second-order valence-electron chi connectivity index (χ2n) is 5.01. The average molecular weight is 311 g/mol. The first-order valence-electron chi connectivity index (χ1n) is 6.90. The predicted octanol–water partition coefficient (Wildman–Crippen LogP) is 2.18. The number of amides is 2. The van der Waals surface area contributed by atoms with Gasteiger partial charge in [0.25, 0.3) is 11.8 Å². The van der Waals surface area contributed by atoms with Gasteiger partial charge in [-0.15, -0.1) is 11.3 Å². The SMILES string of the molecule is N#Cc1cccc(C(=O)NNC(=O)c2cc3c(s2)CCC3)c1. The summed E-state index contributed by atoms with van der Waals surface area (Å²) in [4.78, 5) is 25.9. The molecule has 22 heavy (non-hydrogen) atoms. The van der Waals surface area contributed by atoms with Crippen molar-refractivity contribution in [2.75, 3.05) is 0 Å². The Morgan fingerprint density at radius 3 is 2.73 bits per heavy atom. The highest BCUT2D eigenvalue weighted by atomic mass is 32.1. The van der Waals surface area contributed by atoms with Crippen LogP contribution in [0.4, 0.5) is 0 Å². The van der Waals surface area contributed by atoms with Gasteiger partial charge in [-0.2, -0.15) is 5.26 Å². The van der Waals surface area contributed by atoms with E-state index < -0.39 is 5.91 Å². The van der Waals surface area contributed by atoms with Gasteiger partial charge in [-0.1, -0.05) is 6.07 Å². The molecule has 0 spiro atoms. The minimum Gasteiger partial charge on any atom is -0.267 e. The van der Waals surface area contributed by atoms with E-state index in [9.17, 15) is 9.59 Å². The minimum absolute atomic E-state index is 0.316. The fourth-order valence-electron chi connectivity index (χ4n) is 2.42. The van der Waals surface area contributed by atoms with Gasteiger partial charge >= 0.3 is 0 Å². The van der Waals surface area contributed by atoms with E-state index in [1.165, 1.54) is 27.8 Å². The summed E-state index contributed by atoms with van der Waals surface area (Å²) in [6.45, 7) is 0. The smallest absolute Gasteiger partial charge is 0.267 e. The van der Waals surface area contributed by atoms with Gasteiger partial charge in [0.1, 0.15) is 0 Å². The topological polar surface area (TPSA) is 82.0 Å². The lowest BCUT2D eigenvalue weighted by Gasteiger charge is -2.06. The van der Waals surface area contributed by atoms with Crippen LogP contribution in [0.15, 0.2) is 30.3 Å². The first-order chi connectivity index (χ1) is 10.7. The van der Waals surface area contributed by atoms with Crippen molar-refractivity contribution in [3.8, 4) is 6.07 Å². The fourth-order valence-corrected chi connectivity index (χ4v) is 3.57. The largest absolute Gasteiger partial charge is 0.279 e. The van der Waals surface area contributed by atoms with Gasteiger partial charge in [-0.25, -0.2) is 0 Å². The summed E-state index contributed by atoms with van der Waals surface area (Å²) in [6.07, 6.45) is 3.20. The van der Waals surface area contributed by atoms with Crippen LogP contribution in [0.25, 0.3) is 0 Å². The lowest BCUT2D eigenvalue weighted by molar-refractivity contribution is 0.0849. The number of carbonyl (C=O) groups is 2. The summed E-state index contributed by atoms with van der Waals surface area (Å²) < 4.78 is 0. The third kappa shape index (κ3) is 2.85. The van der Waals surface area contributed by atoms with Crippen molar-refractivity contribution in [1.29, 1.82) is 5.26 Å². The van der Waals surface area contributed by atoms with Gasteiger partial charge in [0.15, 0.2) is 0 Å². The zero-order valence-electron chi connectivity index (χ0n) is 11.7. The molecule has 3 rings (SSSR count). The van der Waals surface area contributed by atoms with E-state index in [4.69, 9.17) is 5.26 Å². The number of fused-ring (bicyclic) bond motifs is 1. The molecule has 1 aliphatic rings. The van der Waals surface area contributed by atoms with Crippen molar-refractivity contribution in [3.63, 3.8) is 0 Å². The molecule has 1 heterocycles. The van der Waals surface area contributed by atoms with Crippen molar-refractivity contribution < 1.29 is 9.59 Å². The van der Waals surface area contributed by atoms with Crippen molar-refractivity contribution in [1.82, 2.24) is 10.9 Å². The van der Waals surface area contributed by atoms with Gasteiger partial charge in [-0.3, -0.25) is 20.4 Å². The van der Waals surface area contributed by atoms with Crippen molar-refractivity contribution in [2.45, 2.75) is 19.3 Å². The number of hydrogen-bond donors (Lipinski definition) is 2. The molecule has 0 bridgehead atoms. The van der Waals surface area contributed by atoms with Gasteiger partial charge in [0, 0.05) is 10.4 Å². The zero-order valence-corrected chi connectivity index (χ0v) is 12.5. The summed E-state index contributed by atoms with van der Waals surface area (Å²) in [6, 6.07) is 10.2. The molecule has 0 saturated heterocycles. The number of nitrogens with zero attached hydrogens (tertiary/aromatic N) is 1. The highest BCUT2D eigenvalue weighted by Gasteiger charge is 2.18. The third-order valence-corrected chi connectivity index (χ3v) is 4.75. The third-order valence-electron chi connectivity index (χ3n) is 3.51. The Morgan fingerprint density at radius 2 is 1.95 bits per heavy atom. The molecule has 5 nitrogen and oxygen atoms in total. The molecule has 1 aromatic carbocycles. The monoisotopic (exact) mass is 311 g/mol. The van der Waals surface area contributed by atoms with E-state index in [2.05, 4.69) is 10.9 Å². The number of nitriles is 1. The Balaban J connectivity index is 1.62. The van der Waals surface area contributed by atoms with Crippen LogP contribution in [0.1, 0.15) is 42.5 Å². The molecule has 0 radical (unpaired) electrons. The number of hydrogen-bond acceptors (Lipinski definition) is 4. The maximum Gasteiger partial charge on any atom is 0.279 e. The fraction of sp³-hybridized carbons (Fsp3) is 0.188. The highest BCUT2D eigenvalue weighted by Crippen LogP contribution is 2.30. The number of benzene rings is 1. The van der Waals surface area contributed by atoms with E-state index in [1.54, 1.807) is 18.2 Å². The number of thiophene rings is 1. The average Bonchev–Trinajstić information content (AvgIpc) is 3.14. The summed E-state index contributed by atoms with van der Waals surface area (Å²) in [5, 5.41) is 8.82. The summed E-state index contributed by atoms with van der Waals surface area (Å²) in [5.41, 5.74) is 6.75. The molecule has 1 aliphatic carbocycles. The molecule has 0 aliphatic heterocycles. The van der Waals surface area contributed by atoms with Crippen LogP contribution in [0.5, 0.6) is 0 Å². The molecule has 0 fully saturated rings. The van der Waals surface area contributed by atoms with Crippen LogP contribution in [0, 0.1) is 11.3 Å². The molecule has 2 N–H and O–H groups in total. The van der Waals surface area contributed by atoms with Crippen molar-refractivity contribution in [3.05, 3.63) is 56.8 Å². The molecule has 0 atom stereocenters. The maximum atomic E-state index is 12.0. The zero-order chi connectivity index (χ0) is 15.5. The Bertz CT molecular complexity index is 767. The van der Waals surface area contributed by atoms with Crippen LogP contribution in [-0.4, -0.2) is 11.8 Å². The molecule has 6 heteroatoms. The standard InChI is InChI=1S/C16H13N3O2S/c17-9-10-3-1-5-12(7-10)15(20)18-19-16(21)14-8-11-4-2-6-13(11)22-14/h1,3,5,7-8H,2,4,6H2,(H,18,20)(H,19,21). The van der Waals surface area contributed by atoms with Crippen LogP contribution in [0.3, 0.4) is 0 Å². The number of hydrazine groups is 1. The molecular formula is C16H13N3O2S. The second kappa shape index (κ2) is 6.00. The minimum atomic E-state index is -0.449. The molecular weight excluding hydrogens is 298 g/mol. The number of carbonyl (C=O) groups excluding carboxylic acids is 2. The number of aryl methyl sites for hydroxylation is 2. The van der Waals surface area contributed by atoms with E-state index in [0.29, 0.717) is 16.0 Å². The van der Waals surface area contributed by atoms with Crippen molar-refractivity contribution >= 4 is 23.2 Å². The van der Waals surface area contributed by atoms with Gasteiger partial charge < -0.3 is 0 Å². The Morgan fingerprint density at radius 1 is 1.14 bits per heavy atom. The van der Waals surface area contributed by atoms with E-state index >= 15 is 0 Å². The lowest BCUT2D eigenvalue weighted by atomic mass is 10.1. The van der Waals surface area contributed by atoms with E-state index in [0.717, 1.165) is 19.3 Å². The van der Waals surface area contributed by atoms with E-state index in [1.807, 2.05) is 12.1 Å². The van der Waals surface area contributed by atoms with Crippen LogP contribution in [0.2, 0.25) is 0 Å². The second-order valence-corrected chi connectivity index (χ2v) is 6.15. The first-order valence-corrected chi connectivity index (χ1v) is 7.71. The summed E-state index contributed by atoms with van der Waals surface area (Å²) in [5.74, 6) is -0.765. The Kier molecular flexibility index (Phi) is 3.90. The number of nitrogens with one attached hydrogen (secondary N) is 2. The Labute approximate surface area is 131 Å². The van der Waals surface area contributed by atoms with Crippen LogP contribution >= 0.6 is 11.3 Å². The lowest BCUT2D eigenvalue weighted by Crippen LogP contribution is -2.41. The van der Waals surface area contributed by atoms with Crippen molar-refractivity contribution in [2.24, 2.45) is 0 Å². The molecule has 0 saturated carbocycles. The predicted molar refractivity (Wildman–Crippen MR) is 82.4 cm³/mol. The summed E-state index contributed by atoms with van der Waals surface area (Å²) in [7, 11) is 0. The Hall–Kier alpha value is -2.65. The molecule has 2 aromatic rings. The first kappa shape index (κ1) is 14.3. The summed E-state index contributed by atoms with van der Waals surface area (Å²) >= 11 is 1.48. The molecule has 110 valence electrons.